The minimum atomic E-state index is -1.25. The zero-order valence-electron chi connectivity index (χ0n) is 6.79. The van der Waals surface area contributed by atoms with Gasteiger partial charge >= 0.3 is 0 Å². The van der Waals surface area contributed by atoms with Gasteiger partial charge in [-0.3, -0.25) is 0 Å². The highest BCUT2D eigenvalue weighted by atomic mass is 19.1. The van der Waals surface area contributed by atoms with Crippen molar-refractivity contribution in [3.05, 3.63) is 35.1 Å². The Morgan fingerprint density at radius 3 is 2.85 bits per heavy atom. The number of amides is 1. The van der Waals surface area contributed by atoms with Crippen molar-refractivity contribution in [3.63, 3.8) is 0 Å². The number of fused-ring (bicyclic) bond motifs is 1. The van der Waals surface area contributed by atoms with Crippen LogP contribution in [0.2, 0.25) is 0 Å². The van der Waals surface area contributed by atoms with Crippen molar-refractivity contribution >= 4 is 6.09 Å². The molecule has 0 spiro atoms. The Balaban J connectivity index is 2.35. The molecule has 0 unspecified atom stereocenters. The molecule has 13 heavy (non-hydrogen) atoms. The molecule has 1 aliphatic heterocycles. The third kappa shape index (κ3) is 1.24. The SMILES string of the molecule is O=C([O-])N1Cc2cccc(F)c2C1. The van der Waals surface area contributed by atoms with Gasteiger partial charge in [-0.15, -0.1) is 0 Å². The molecule has 2 rings (SSSR count). The van der Waals surface area contributed by atoms with Crippen molar-refractivity contribution < 1.29 is 14.3 Å². The van der Waals surface area contributed by atoms with Gasteiger partial charge in [0.1, 0.15) is 11.9 Å². The van der Waals surface area contributed by atoms with Crippen LogP contribution in [0.15, 0.2) is 18.2 Å². The summed E-state index contributed by atoms with van der Waals surface area (Å²) in [6, 6.07) is 4.63. The maximum Gasteiger partial charge on any atom is 0.137 e. The monoisotopic (exact) mass is 180 g/mol. The van der Waals surface area contributed by atoms with Gasteiger partial charge in [0, 0.05) is 18.7 Å². The van der Waals surface area contributed by atoms with E-state index in [-0.39, 0.29) is 18.9 Å². The van der Waals surface area contributed by atoms with Gasteiger partial charge in [0.05, 0.1) is 0 Å². The number of rotatable bonds is 0. The summed E-state index contributed by atoms with van der Waals surface area (Å²) >= 11 is 0. The molecule has 0 saturated heterocycles. The molecule has 1 aromatic carbocycles. The second-order valence-corrected chi connectivity index (χ2v) is 3.00. The largest absolute Gasteiger partial charge is 0.530 e. The van der Waals surface area contributed by atoms with Crippen LogP contribution in [-0.4, -0.2) is 11.0 Å². The Hall–Kier alpha value is -1.58. The quantitative estimate of drug-likeness (QED) is 0.583. The van der Waals surface area contributed by atoms with E-state index in [2.05, 4.69) is 0 Å². The molecular formula is C9H7FNO2-. The van der Waals surface area contributed by atoms with E-state index in [0.29, 0.717) is 5.56 Å². The molecule has 0 N–H and O–H groups in total. The summed E-state index contributed by atoms with van der Waals surface area (Å²) in [5.41, 5.74) is 1.19. The fourth-order valence-corrected chi connectivity index (χ4v) is 1.51. The smallest absolute Gasteiger partial charge is 0.137 e. The first-order valence-corrected chi connectivity index (χ1v) is 3.90. The molecule has 0 atom stereocenters. The van der Waals surface area contributed by atoms with Crippen LogP contribution >= 0.6 is 0 Å². The van der Waals surface area contributed by atoms with Crippen LogP contribution in [0, 0.1) is 5.82 Å². The Morgan fingerprint density at radius 2 is 2.23 bits per heavy atom. The van der Waals surface area contributed by atoms with E-state index in [1.165, 1.54) is 6.07 Å². The van der Waals surface area contributed by atoms with Gasteiger partial charge in [-0.05, 0) is 11.6 Å². The number of hydrogen-bond acceptors (Lipinski definition) is 2. The van der Waals surface area contributed by atoms with Crippen molar-refractivity contribution in [1.82, 2.24) is 4.90 Å². The highest BCUT2D eigenvalue weighted by molar-refractivity contribution is 5.64. The summed E-state index contributed by atoms with van der Waals surface area (Å²) in [7, 11) is 0. The Bertz CT molecular complexity index is 365. The molecule has 0 radical (unpaired) electrons. The minimum absolute atomic E-state index is 0.102. The lowest BCUT2D eigenvalue weighted by Crippen LogP contribution is -2.37. The van der Waals surface area contributed by atoms with Gasteiger partial charge < -0.3 is 14.8 Å². The van der Waals surface area contributed by atoms with Crippen LogP contribution in [0.25, 0.3) is 0 Å². The topological polar surface area (TPSA) is 43.4 Å². The summed E-state index contributed by atoms with van der Waals surface area (Å²) < 4.78 is 13.1. The molecule has 4 heteroatoms. The Morgan fingerprint density at radius 1 is 1.46 bits per heavy atom. The van der Waals surface area contributed by atoms with E-state index >= 15 is 0 Å². The van der Waals surface area contributed by atoms with Gasteiger partial charge in [-0.25, -0.2) is 4.39 Å². The molecule has 1 heterocycles. The molecular weight excluding hydrogens is 173 g/mol. The maximum absolute atomic E-state index is 13.1. The van der Waals surface area contributed by atoms with Crippen molar-refractivity contribution in [2.45, 2.75) is 13.1 Å². The van der Waals surface area contributed by atoms with Crippen LogP contribution in [0.4, 0.5) is 9.18 Å². The average Bonchev–Trinajstić information content (AvgIpc) is 2.49. The number of halogens is 1. The molecule has 1 aliphatic rings. The molecule has 0 bridgehead atoms. The summed E-state index contributed by atoms with van der Waals surface area (Å²) in [6.07, 6.45) is -1.25. The maximum atomic E-state index is 13.1. The van der Waals surface area contributed by atoms with E-state index in [9.17, 15) is 14.3 Å². The van der Waals surface area contributed by atoms with E-state index in [0.717, 1.165) is 10.5 Å². The third-order valence-corrected chi connectivity index (χ3v) is 2.18. The van der Waals surface area contributed by atoms with Crippen molar-refractivity contribution in [3.8, 4) is 0 Å². The predicted octanol–water partition coefficient (Wildman–Crippen LogP) is 0.485. The van der Waals surface area contributed by atoms with E-state index in [4.69, 9.17) is 0 Å². The lowest BCUT2D eigenvalue weighted by Gasteiger charge is -2.17. The normalized spacial score (nSPS) is 14.4. The zero-order chi connectivity index (χ0) is 9.42. The van der Waals surface area contributed by atoms with E-state index in [1.54, 1.807) is 12.1 Å². The van der Waals surface area contributed by atoms with E-state index in [1.807, 2.05) is 0 Å². The fraction of sp³-hybridized carbons (Fsp3) is 0.222. The standard InChI is InChI=1S/C9H8FNO2/c10-8-3-1-2-6-4-11(9(12)13)5-7(6)8/h1-3H,4-5H2,(H,12,13)/p-1. The van der Waals surface area contributed by atoms with Crippen LogP contribution in [0.5, 0.6) is 0 Å². The Kier molecular flexibility index (Phi) is 1.69. The van der Waals surface area contributed by atoms with Gasteiger partial charge in [-0.1, -0.05) is 12.1 Å². The summed E-state index contributed by atoms with van der Waals surface area (Å²) in [5.74, 6) is -0.346. The van der Waals surface area contributed by atoms with Crippen LogP contribution in [0.1, 0.15) is 11.1 Å². The second-order valence-electron chi connectivity index (χ2n) is 3.00. The second kappa shape index (κ2) is 2.73. The molecule has 1 amide bonds. The molecule has 1 aromatic rings. The zero-order valence-corrected chi connectivity index (χ0v) is 6.79. The van der Waals surface area contributed by atoms with Gasteiger partial charge in [0.2, 0.25) is 0 Å². The van der Waals surface area contributed by atoms with Crippen LogP contribution in [0.3, 0.4) is 0 Å². The van der Waals surface area contributed by atoms with Gasteiger partial charge in [0.15, 0.2) is 0 Å². The summed E-state index contributed by atoms with van der Waals surface area (Å²) in [5, 5.41) is 10.5. The number of benzene rings is 1. The minimum Gasteiger partial charge on any atom is -0.530 e. The highest BCUT2D eigenvalue weighted by Gasteiger charge is 2.21. The number of nitrogens with zero attached hydrogens (tertiary/aromatic N) is 1. The number of carbonyl (C=O) groups is 1. The molecule has 0 saturated carbocycles. The lowest BCUT2D eigenvalue weighted by atomic mass is 10.1. The van der Waals surface area contributed by atoms with Crippen molar-refractivity contribution in [2.75, 3.05) is 0 Å². The van der Waals surface area contributed by atoms with Crippen LogP contribution in [-0.2, 0) is 13.1 Å². The summed E-state index contributed by atoms with van der Waals surface area (Å²) in [6.45, 7) is 0.333. The number of carboxylic acid groups (broad SMARTS) is 1. The fourth-order valence-electron chi connectivity index (χ4n) is 1.51. The highest BCUT2D eigenvalue weighted by Crippen LogP contribution is 2.24. The van der Waals surface area contributed by atoms with Gasteiger partial charge in [-0.2, -0.15) is 0 Å². The average molecular weight is 180 g/mol. The first-order chi connectivity index (χ1) is 6.18. The summed E-state index contributed by atoms with van der Waals surface area (Å²) in [4.78, 5) is 11.6. The van der Waals surface area contributed by atoms with Crippen LogP contribution < -0.4 is 5.11 Å². The van der Waals surface area contributed by atoms with Crippen molar-refractivity contribution in [1.29, 1.82) is 0 Å². The molecule has 68 valence electrons. The first-order valence-electron chi connectivity index (χ1n) is 3.90. The molecule has 0 aromatic heterocycles. The molecule has 0 aliphatic carbocycles. The predicted molar refractivity (Wildman–Crippen MR) is 41.0 cm³/mol. The third-order valence-electron chi connectivity index (χ3n) is 2.18. The van der Waals surface area contributed by atoms with E-state index < -0.39 is 6.09 Å². The molecule has 3 nitrogen and oxygen atoms in total. The number of hydrogen-bond donors (Lipinski definition) is 0. The van der Waals surface area contributed by atoms with Gasteiger partial charge in [0.25, 0.3) is 0 Å². The first kappa shape index (κ1) is 8.04. The number of carbonyl (C=O) groups excluding carboxylic acids is 1. The lowest BCUT2D eigenvalue weighted by molar-refractivity contribution is -0.266. The van der Waals surface area contributed by atoms with Crippen molar-refractivity contribution in [2.24, 2.45) is 0 Å². The molecule has 0 fully saturated rings. The Labute approximate surface area is 74.4 Å².